The molecule has 34 heavy (non-hydrogen) atoms. The van der Waals surface area contributed by atoms with Crippen LogP contribution >= 0.6 is 0 Å². The highest BCUT2D eigenvalue weighted by molar-refractivity contribution is 5.74. The summed E-state index contributed by atoms with van der Waals surface area (Å²) in [6, 6.07) is 17.4. The molecule has 1 amide bonds. The number of ether oxygens (including phenoxy) is 1. The largest absolute Gasteiger partial charge is 0.413 e. The number of aromatic nitrogens is 5. The molecule has 0 aliphatic heterocycles. The maximum Gasteiger partial charge on any atom is 0.413 e. The van der Waals surface area contributed by atoms with Crippen molar-refractivity contribution in [2.45, 2.75) is 47.1 Å². The van der Waals surface area contributed by atoms with Gasteiger partial charge in [-0.3, -0.25) is 4.98 Å². The van der Waals surface area contributed by atoms with Gasteiger partial charge in [-0.1, -0.05) is 42.8 Å². The minimum atomic E-state index is -0.549. The summed E-state index contributed by atoms with van der Waals surface area (Å²) in [5, 5.41) is 14.9. The highest BCUT2D eigenvalue weighted by Crippen LogP contribution is 2.29. The van der Waals surface area contributed by atoms with Crippen molar-refractivity contribution in [1.29, 1.82) is 0 Å². The Labute approximate surface area is 199 Å². The molecule has 1 unspecified atom stereocenters. The van der Waals surface area contributed by atoms with Crippen LogP contribution in [-0.4, -0.2) is 31.3 Å². The van der Waals surface area contributed by atoms with Gasteiger partial charge in [0.25, 0.3) is 0 Å². The first-order chi connectivity index (χ1) is 16.3. The Bertz CT molecular complexity index is 1310. The van der Waals surface area contributed by atoms with Crippen molar-refractivity contribution in [2.75, 3.05) is 0 Å². The van der Waals surface area contributed by atoms with Gasteiger partial charge in [0, 0.05) is 23.9 Å². The zero-order valence-corrected chi connectivity index (χ0v) is 20.0. The van der Waals surface area contributed by atoms with Gasteiger partial charge in [-0.2, -0.15) is 4.68 Å². The molecule has 0 spiro atoms. The van der Waals surface area contributed by atoms with Crippen LogP contribution in [0.5, 0.6) is 5.75 Å². The molecule has 0 fully saturated rings. The van der Waals surface area contributed by atoms with E-state index in [0.717, 1.165) is 28.1 Å². The van der Waals surface area contributed by atoms with E-state index in [2.05, 4.69) is 25.8 Å². The number of nitrogens with zero attached hydrogens (tertiary/aromatic N) is 5. The average Bonchev–Trinajstić information content (AvgIpc) is 3.28. The summed E-state index contributed by atoms with van der Waals surface area (Å²) in [4.78, 5) is 17.3. The number of tetrazole rings is 1. The highest BCUT2D eigenvalue weighted by atomic mass is 16.6. The number of hydrogen-bond donors (Lipinski definition) is 1. The molecule has 8 heteroatoms. The van der Waals surface area contributed by atoms with Crippen molar-refractivity contribution < 1.29 is 9.53 Å². The number of benzene rings is 2. The predicted molar refractivity (Wildman–Crippen MR) is 130 cm³/mol. The van der Waals surface area contributed by atoms with Gasteiger partial charge >= 0.3 is 6.09 Å². The number of rotatable bonds is 6. The summed E-state index contributed by atoms with van der Waals surface area (Å²) < 4.78 is 7.37. The third-order valence-electron chi connectivity index (χ3n) is 5.65. The Morgan fingerprint density at radius 3 is 2.50 bits per heavy atom. The predicted octanol–water partition coefficient (Wildman–Crippen LogP) is 5.06. The summed E-state index contributed by atoms with van der Waals surface area (Å²) in [5.41, 5.74) is 6.53. The zero-order valence-electron chi connectivity index (χ0n) is 20.0. The summed E-state index contributed by atoms with van der Waals surface area (Å²) in [5.74, 6) is 1.11. The first-order valence-corrected chi connectivity index (χ1v) is 11.3. The molecule has 174 valence electrons. The lowest BCUT2D eigenvalue weighted by atomic mass is 10.0. The van der Waals surface area contributed by atoms with Gasteiger partial charge in [0.2, 0.25) is 0 Å². The summed E-state index contributed by atoms with van der Waals surface area (Å²) in [6.45, 7) is 9.81. The molecule has 0 saturated heterocycles. The maximum absolute atomic E-state index is 12.8. The van der Waals surface area contributed by atoms with Crippen LogP contribution in [0.1, 0.15) is 48.2 Å². The van der Waals surface area contributed by atoms with E-state index < -0.39 is 6.09 Å². The second-order valence-corrected chi connectivity index (χ2v) is 8.32. The van der Waals surface area contributed by atoms with E-state index in [1.54, 1.807) is 10.7 Å². The van der Waals surface area contributed by atoms with Gasteiger partial charge in [-0.05, 0) is 73.0 Å². The molecule has 1 atom stereocenters. The number of carbonyl (C=O) groups is 1. The van der Waals surface area contributed by atoms with E-state index >= 15 is 0 Å². The average molecular weight is 457 g/mol. The number of carbonyl (C=O) groups excluding carboxylic acids is 1. The van der Waals surface area contributed by atoms with E-state index in [1.807, 2.05) is 83.1 Å². The standard InChI is InChI=1S/C26H28N6O2/c1-6-25-29-30-31-32(25)22-13-21(20-10-7-16(2)8-11-20)14-23(15-22)34-26(33)28-19(5)24-12-9-17(3)27-18(24)4/h7-15,19H,6H2,1-5H3,(H,28,33). The Morgan fingerprint density at radius 2 is 1.79 bits per heavy atom. The van der Waals surface area contributed by atoms with Crippen LogP contribution in [0.25, 0.3) is 16.8 Å². The van der Waals surface area contributed by atoms with Crippen LogP contribution in [0.3, 0.4) is 0 Å². The minimum Gasteiger partial charge on any atom is -0.410 e. The van der Waals surface area contributed by atoms with Gasteiger partial charge in [-0.25, -0.2) is 4.79 Å². The second-order valence-electron chi connectivity index (χ2n) is 8.32. The molecule has 2 aromatic carbocycles. The fourth-order valence-corrected chi connectivity index (χ4v) is 3.85. The maximum atomic E-state index is 12.8. The zero-order chi connectivity index (χ0) is 24.2. The van der Waals surface area contributed by atoms with Gasteiger partial charge in [0.1, 0.15) is 5.75 Å². The van der Waals surface area contributed by atoms with Crippen LogP contribution in [0, 0.1) is 20.8 Å². The number of nitrogens with one attached hydrogen (secondary N) is 1. The summed E-state index contributed by atoms with van der Waals surface area (Å²) in [6.07, 6.45) is 0.117. The molecule has 0 saturated carbocycles. The van der Waals surface area contributed by atoms with E-state index in [-0.39, 0.29) is 6.04 Å². The van der Waals surface area contributed by atoms with Crippen LogP contribution in [0.2, 0.25) is 0 Å². The Hall–Kier alpha value is -4.07. The lowest BCUT2D eigenvalue weighted by molar-refractivity contribution is 0.197. The van der Waals surface area contributed by atoms with Crippen molar-refractivity contribution in [3.8, 4) is 22.6 Å². The van der Waals surface area contributed by atoms with Crippen molar-refractivity contribution >= 4 is 6.09 Å². The van der Waals surface area contributed by atoms with Crippen molar-refractivity contribution in [2.24, 2.45) is 0 Å². The lowest BCUT2D eigenvalue weighted by Gasteiger charge is -2.17. The Kier molecular flexibility index (Phi) is 6.67. The van der Waals surface area contributed by atoms with Gasteiger partial charge < -0.3 is 10.1 Å². The lowest BCUT2D eigenvalue weighted by Crippen LogP contribution is -2.30. The monoisotopic (exact) mass is 456 g/mol. The molecular formula is C26H28N6O2. The van der Waals surface area contributed by atoms with Crippen molar-refractivity contribution in [3.63, 3.8) is 0 Å². The fourth-order valence-electron chi connectivity index (χ4n) is 3.85. The van der Waals surface area contributed by atoms with Crippen molar-refractivity contribution in [3.05, 3.63) is 82.9 Å². The number of hydrogen-bond acceptors (Lipinski definition) is 6. The Balaban J connectivity index is 1.63. The summed E-state index contributed by atoms with van der Waals surface area (Å²) >= 11 is 0. The normalized spacial score (nSPS) is 11.8. The topological polar surface area (TPSA) is 94.8 Å². The van der Waals surface area contributed by atoms with Gasteiger partial charge in [0.15, 0.2) is 5.82 Å². The molecule has 0 aliphatic carbocycles. The van der Waals surface area contributed by atoms with Crippen LogP contribution in [0.15, 0.2) is 54.6 Å². The van der Waals surface area contributed by atoms with Crippen LogP contribution < -0.4 is 10.1 Å². The second kappa shape index (κ2) is 9.82. The van der Waals surface area contributed by atoms with E-state index in [0.29, 0.717) is 23.7 Å². The molecule has 4 rings (SSSR count). The molecule has 0 aliphatic rings. The fraction of sp³-hybridized carbons (Fsp3) is 0.269. The van der Waals surface area contributed by atoms with Crippen LogP contribution in [0.4, 0.5) is 4.79 Å². The molecule has 4 aromatic rings. The third kappa shape index (κ3) is 5.11. The van der Waals surface area contributed by atoms with Crippen LogP contribution in [-0.2, 0) is 6.42 Å². The molecule has 0 bridgehead atoms. The van der Waals surface area contributed by atoms with Crippen molar-refractivity contribution in [1.82, 2.24) is 30.5 Å². The smallest absolute Gasteiger partial charge is 0.410 e. The highest BCUT2D eigenvalue weighted by Gasteiger charge is 2.16. The van der Waals surface area contributed by atoms with E-state index in [1.165, 1.54) is 5.56 Å². The molecular weight excluding hydrogens is 428 g/mol. The van der Waals surface area contributed by atoms with E-state index in [9.17, 15) is 4.79 Å². The first-order valence-electron chi connectivity index (χ1n) is 11.3. The summed E-state index contributed by atoms with van der Waals surface area (Å²) in [7, 11) is 0. The number of pyridine rings is 1. The minimum absolute atomic E-state index is 0.258. The molecule has 1 N–H and O–H groups in total. The quantitative estimate of drug-likeness (QED) is 0.436. The number of amides is 1. The Morgan fingerprint density at radius 1 is 1.03 bits per heavy atom. The third-order valence-corrected chi connectivity index (χ3v) is 5.65. The first kappa shape index (κ1) is 23.1. The van der Waals surface area contributed by atoms with E-state index in [4.69, 9.17) is 4.74 Å². The molecule has 8 nitrogen and oxygen atoms in total. The molecule has 2 aromatic heterocycles. The number of aryl methyl sites for hydroxylation is 4. The SMILES string of the molecule is CCc1nnnn1-c1cc(OC(=O)NC(C)c2ccc(C)nc2C)cc(-c2ccc(C)cc2)c1. The van der Waals surface area contributed by atoms with Gasteiger partial charge in [-0.15, -0.1) is 5.10 Å². The molecule has 2 heterocycles. The van der Waals surface area contributed by atoms with Gasteiger partial charge in [0.05, 0.1) is 11.7 Å². The molecule has 0 radical (unpaired) electrons.